The lowest BCUT2D eigenvalue weighted by atomic mass is 9.97. The maximum absolute atomic E-state index is 12.7. The van der Waals surface area contributed by atoms with Crippen molar-refractivity contribution in [2.45, 2.75) is 25.1 Å². The number of halogens is 4. The number of piperazine rings is 1. The van der Waals surface area contributed by atoms with Crippen LogP contribution < -0.4 is 10.1 Å². The van der Waals surface area contributed by atoms with Gasteiger partial charge in [0.1, 0.15) is 11.5 Å². The largest absolute Gasteiger partial charge is 0.507 e. The lowest BCUT2D eigenvalue weighted by Gasteiger charge is -2.36. The van der Waals surface area contributed by atoms with Crippen molar-refractivity contribution in [3.63, 3.8) is 0 Å². The molecular weight excluding hydrogens is 333 g/mol. The number of phenols is 1. The second-order valence-corrected chi connectivity index (χ2v) is 5.35. The first-order valence-corrected chi connectivity index (χ1v) is 7.30. The Morgan fingerprint density at radius 2 is 1.96 bits per heavy atom. The average Bonchev–Trinajstić information content (AvgIpc) is 2.48. The van der Waals surface area contributed by atoms with E-state index in [4.69, 9.17) is 4.74 Å². The van der Waals surface area contributed by atoms with Crippen LogP contribution in [0.5, 0.6) is 11.5 Å². The molecule has 1 atom stereocenters. The second kappa shape index (κ2) is 8.61. The van der Waals surface area contributed by atoms with Gasteiger partial charge in [0.15, 0.2) is 0 Å². The van der Waals surface area contributed by atoms with E-state index in [1.807, 2.05) is 4.90 Å². The Kier molecular flexibility index (Phi) is 7.44. The predicted octanol–water partition coefficient (Wildman–Crippen LogP) is 3.11. The van der Waals surface area contributed by atoms with Crippen molar-refractivity contribution in [3.8, 4) is 11.5 Å². The zero-order chi connectivity index (χ0) is 16.2. The number of benzene rings is 1. The van der Waals surface area contributed by atoms with Crippen molar-refractivity contribution in [2.75, 3.05) is 33.3 Å². The maximum atomic E-state index is 12.7. The first-order chi connectivity index (χ1) is 10.4. The number of hydrogen-bond donors (Lipinski definition) is 2. The summed E-state index contributed by atoms with van der Waals surface area (Å²) in [5.41, 5.74) is 0.441. The van der Waals surface area contributed by atoms with Crippen molar-refractivity contribution in [2.24, 2.45) is 0 Å². The molecule has 0 bridgehead atoms. The topological polar surface area (TPSA) is 44.7 Å². The first-order valence-electron chi connectivity index (χ1n) is 7.30. The van der Waals surface area contributed by atoms with Gasteiger partial charge in [0, 0.05) is 38.6 Å². The van der Waals surface area contributed by atoms with E-state index in [1.165, 1.54) is 13.2 Å². The fraction of sp³-hybridized carbons (Fsp3) is 0.600. The van der Waals surface area contributed by atoms with Gasteiger partial charge >= 0.3 is 6.18 Å². The highest BCUT2D eigenvalue weighted by atomic mass is 35.5. The van der Waals surface area contributed by atoms with Crippen molar-refractivity contribution in [1.82, 2.24) is 10.2 Å². The number of nitrogens with zero attached hydrogens (tertiary/aromatic N) is 1. The van der Waals surface area contributed by atoms with Crippen LogP contribution in [-0.2, 0) is 0 Å². The standard InChI is InChI=1S/C15H21F3N2O2.ClH/c1-22-13-4-2-3-12(21)14(13)11(5-6-15(16,17)18)20-9-7-19-8-10-20;/h2-4,11,19,21H,5-10H2,1H3;1H/t11-;/m1./s1. The van der Waals surface area contributed by atoms with Gasteiger partial charge in [-0.2, -0.15) is 13.2 Å². The number of hydrogen-bond acceptors (Lipinski definition) is 4. The first kappa shape index (κ1) is 19.9. The highest BCUT2D eigenvalue weighted by Gasteiger charge is 2.33. The Labute approximate surface area is 140 Å². The van der Waals surface area contributed by atoms with Gasteiger partial charge in [-0.1, -0.05) is 6.07 Å². The van der Waals surface area contributed by atoms with Crippen LogP contribution in [0.1, 0.15) is 24.4 Å². The molecule has 1 heterocycles. The molecule has 0 amide bonds. The molecule has 1 saturated heterocycles. The van der Waals surface area contributed by atoms with Crippen molar-refractivity contribution in [1.29, 1.82) is 0 Å². The smallest absolute Gasteiger partial charge is 0.389 e. The summed E-state index contributed by atoms with van der Waals surface area (Å²) in [6, 6.07) is 4.26. The number of methoxy groups -OCH3 is 1. The molecule has 0 saturated carbocycles. The Hall–Kier alpha value is -1.18. The highest BCUT2D eigenvalue weighted by Crippen LogP contribution is 2.40. The monoisotopic (exact) mass is 354 g/mol. The molecule has 0 spiro atoms. The van der Waals surface area contributed by atoms with E-state index >= 15 is 0 Å². The minimum atomic E-state index is -4.22. The lowest BCUT2D eigenvalue weighted by molar-refractivity contribution is -0.138. The third-order valence-electron chi connectivity index (χ3n) is 3.89. The number of rotatable bonds is 5. The van der Waals surface area contributed by atoms with Crippen molar-refractivity contribution < 1.29 is 23.0 Å². The van der Waals surface area contributed by atoms with E-state index in [-0.39, 0.29) is 24.6 Å². The average molecular weight is 355 g/mol. The second-order valence-electron chi connectivity index (χ2n) is 5.35. The molecule has 4 nitrogen and oxygen atoms in total. The van der Waals surface area contributed by atoms with E-state index in [0.29, 0.717) is 24.4 Å². The zero-order valence-electron chi connectivity index (χ0n) is 12.9. The molecule has 0 radical (unpaired) electrons. The molecule has 1 aliphatic heterocycles. The maximum Gasteiger partial charge on any atom is 0.389 e. The van der Waals surface area contributed by atoms with Crippen LogP contribution in [0, 0.1) is 0 Å². The third-order valence-corrected chi connectivity index (χ3v) is 3.89. The fourth-order valence-corrected chi connectivity index (χ4v) is 2.85. The summed E-state index contributed by atoms with van der Waals surface area (Å²) in [5.74, 6) is 0.399. The molecule has 0 aliphatic carbocycles. The Balaban J connectivity index is 0.00000264. The third kappa shape index (κ3) is 5.44. The van der Waals surface area contributed by atoms with Gasteiger partial charge in [0.25, 0.3) is 0 Å². The number of alkyl halides is 3. The van der Waals surface area contributed by atoms with E-state index < -0.39 is 18.6 Å². The van der Waals surface area contributed by atoms with Crippen LogP contribution >= 0.6 is 12.4 Å². The summed E-state index contributed by atoms with van der Waals surface area (Å²) in [6.07, 6.45) is -5.21. The molecule has 0 unspecified atom stereocenters. The van der Waals surface area contributed by atoms with Gasteiger partial charge in [-0.15, -0.1) is 12.4 Å². The summed E-state index contributed by atoms with van der Waals surface area (Å²) in [4.78, 5) is 1.97. The summed E-state index contributed by atoms with van der Waals surface area (Å²) in [6.45, 7) is 2.72. The molecule has 1 fully saturated rings. The van der Waals surface area contributed by atoms with Crippen molar-refractivity contribution in [3.05, 3.63) is 23.8 Å². The van der Waals surface area contributed by atoms with Gasteiger partial charge in [-0.3, -0.25) is 4.90 Å². The number of nitrogens with one attached hydrogen (secondary N) is 1. The molecule has 1 aromatic rings. The summed E-state index contributed by atoms with van der Waals surface area (Å²) >= 11 is 0. The van der Waals surface area contributed by atoms with Crippen LogP contribution in [0.2, 0.25) is 0 Å². The molecule has 1 aliphatic rings. The summed E-state index contributed by atoms with van der Waals surface area (Å²) in [7, 11) is 1.46. The van der Waals surface area contributed by atoms with Crippen LogP contribution in [0.15, 0.2) is 18.2 Å². The minimum Gasteiger partial charge on any atom is -0.507 e. The van der Waals surface area contributed by atoms with Gasteiger partial charge in [-0.05, 0) is 18.6 Å². The molecule has 0 aromatic heterocycles. The van der Waals surface area contributed by atoms with Crippen molar-refractivity contribution >= 4 is 12.4 Å². The van der Waals surface area contributed by atoms with E-state index in [9.17, 15) is 18.3 Å². The quantitative estimate of drug-likeness (QED) is 0.853. The number of aromatic hydroxyl groups is 1. The van der Waals surface area contributed by atoms with Crippen LogP contribution in [0.25, 0.3) is 0 Å². The predicted molar refractivity (Wildman–Crippen MR) is 84.4 cm³/mol. The summed E-state index contributed by atoms with van der Waals surface area (Å²) in [5, 5.41) is 13.3. The lowest BCUT2D eigenvalue weighted by Crippen LogP contribution is -2.45. The molecule has 8 heteroatoms. The SMILES string of the molecule is COc1cccc(O)c1[C@@H](CCC(F)(F)F)N1CCNCC1.Cl. The van der Waals surface area contributed by atoms with Gasteiger partial charge in [-0.25, -0.2) is 0 Å². The normalized spacial score (nSPS) is 17.4. The van der Waals surface area contributed by atoms with Gasteiger partial charge < -0.3 is 15.2 Å². The molecule has 132 valence electrons. The highest BCUT2D eigenvalue weighted by molar-refractivity contribution is 5.85. The molecule has 1 aromatic carbocycles. The Bertz CT molecular complexity index is 494. The number of ether oxygens (including phenoxy) is 1. The van der Waals surface area contributed by atoms with E-state index in [0.717, 1.165) is 13.1 Å². The van der Waals surface area contributed by atoms with Gasteiger partial charge in [0.05, 0.1) is 12.7 Å². The van der Waals surface area contributed by atoms with Crippen LogP contribution in [0.3, 0.4) is 0 Å². The van der Waals surface area contributed by atoms with E-state index in [2.05, 4.69) is 5.32 Å². The number of phenolic OH excluding ortho intramolecular Hbond substituents is 1. The fourth-order valence-electron chi connectivity index (χ4n) is 2.85. The van der Waals surface area contributed by atoms with Crippen LogP contribution in [-0.4, -0.2) is 49.5 Å². The molecule has 23 heavy (non-hydrogen) atoms. The Morgan fingerprint density at radius 1 is 1.30 bits per heavy atom. The Morgan fingerprint density at radius 3 is 2.52 bits per heavy atom. The summed E-state index contributed by atoms with van der Waals surface area (Å²) < 4.78 is 43.2. The van der Waals surface area contributed by atoms with Gasteiger partial charge in [0.2, 0.25) is 0 Å². The minimum absolute atomic E-state index is 0. The zero-order valence-corrected chi connectivity index (χ0v) is 13.7. The molecular formula is C15H22ClF3N2O2. The van der Waals surface area contributed by atoms with Crippen LogP contribution in [0.4, 0.5) is 13.2 Å². The molecule has 2 N–H and O–H groups in total. The molecule has 2 rings (SSSR count). The van der Waals surface area contributed by atoms with E-state index in [1.54, 1.807) is 12.1 Å².